The zero-order valence-corrected chi connectivity index (χ0v) is 18.8. The van der Waals surface area contributed by atoms with Crippen LogP contribution < -0.4 is 5.32 Å². The molecule has 0 saturated carbocycles. The van der Waals surface area contributed by atoms with Crippen LogP contribution in [-0.4, -0.2) is 28.9 Å². The number of aromatic nitrogens is 1. The summed E-state index contributed by atoms with van der Waals surface area (Å²) in [7, 11) is 0. The number of rotatable bonds is 6. The van der Waals surface area contributed by atoms with Gasteiger partial charge in [-0.25, -0.2) is 0 Å². The highest BCUT2D eigenvalue weighted by atomic mass is 19.4. The van der Waals surface area contributed by atoms with Crippen molar-refractivity contribution in [2.75, 3.05) is 13.1 Å². The summed E-state index contributed by atoms with van der Waals surface area (Å²) >= 11 is 0. The molecule has 2 aromatic carbocycles. The van der Waals surface area contributed by atoms with Crippen LogP contribution in [0.4, 0.5) is 13.2 Å². The summed E-state index contributed by atoms with van der Waals surface area (Å²) in [5, 5.41) is 12.0. The monoisotopic (exact) mass is 476 g/mol. The second kappa shape index (κ2) is 10.5. The lowest BCUT2D eigenvalue weighted by molar-refractivity contribution is -0.137. The van der Waals surface area contributed by atoms with Crippen LogP contribution in [0.25, 0.3) is 5.57 Å². The van der Waals surface area contributed by atoms with E-state index in [-0.39, 0.29) is 12.5 Å². The Bertz CT molecular complexity index is 1260. The van der Waals surface area contributed by atoms with E-state index < -0.39 is 11.7 Å². The molecule has 0 aliphatic carbocycles. The van der Waals surface area contributed by atoms with Gasteiger partial charge in [0.1, 0.15) is 0 Å². The van der Waals surface area contributed by atoms with Crippen molar-refractivity contribution in [3.05, 3.63) is 106 Å². The number of pyridine rings is 1. The summed E-state index contributed by atoms with van der Waals surface area (Å²) < 4.78 is 38.4. The summed E-state index contributed by atoms with van der Waals surface area (Å²) in [4.78, 5) is 19.6. The highest BCUT2D eigenvalue weighted by Gasteiger charge is 2.30. The zero-order valence-electron chi connectivity index (χ0n) is 18.8. The third kappa shape index (κ3) is 6.14. The van der Waals surface area contributed by atoms with Gasteiger partial charge in [-0.2, -0.15) is 18.4 Å². The maximum absolute atomic E-state index is 13.2. The molecule has 0 bridgehead atoms. The van der Waals surface area contributed by atoms with Gasteiger partial charge in [-0.15, -0.1) is 0 Å². The zero-order chi connectivity index (χ0) is 24.8. The Balaban J connectivity index is 1.52. The standard InChI is InChI=1S/C27H23F3N4O/c28-27(29,30)23-8-6-19(7-9-23)15-33-26(35)25-18-34(17-21-4-1-3-20(13-21)14-31)12-10-24(25)22-5-2-11-32-16-22/h1-9,11,13,16H,10,12,15,17-18H2,(H,33,35). The van der Waals surface area contributed by atoms with Crippen molar-refractivity contribution in [1.29, 1.82) is 5.26 Å². The van der Waals surface area contributed by atoms with Gasteiger partial charge in [-0.3, -0.25) is 14.7 Å². The number of hydrogen-bond donors (Lipinski definition) is 1. The van der Waals surface area contributed by atoms with Gasteiger partial charge in [-0.1, -0.05) is 30.3 Å². The molecule has 1 aliphatic heterocycles. The molecule has 178 valence electrons. The predicted octanol–water partition coefficient (Wildman–Crippen LogP) is 4.95. The summed E-state index contributed by atoms with van der Waals surface area (Å²) in [6.07, 6.45) is -0.355. The van der Waals surface area contributed by atoms with Gasteiger partial charge in [0.15, 0.2) is 0 Å². The Morgan fingerprint density at radius 1 is 1.09 bits per heavy atom. The molecular weight excluding hydrogens is 453 g/mol. The fourth-order valence-electron chi connectivity index (χ4n) is 4.12. The second-order valence-corrected chi connectivity index (χ2v) is 8.35. The molecule has 35 heavy (non-hydrogen) atoms. The minimum absolute atomic E-state index is 0.116. The van der Waals surface area contributed by atoms with Crippen LogP contribution in [-0.2, 0) is 24.1 Å². The molecule has 1 amide bonds. The number of carbonyl (C=O) groups excluding carboxylic acids is 1. The average Bonchev–Trinajstić information content (AvgIpc) is 2.87. The minimum atomic E-state index is -4.40. The Morgan fingerprint density at radius 2 is 1.89 bits per heavy atom. The highest BCUT2D eigenvalue weighted by Crippen LogP contribution is 2.30. The minimum Gasteiger partial charge on any atom is -0.348 e. The van der Waals surface area contributed by atoms with E-state index in [1.165, 1.54) is 12.1 Å². The molecule has 4 rings (SSSR count). The molecular formula is C27H23F3N4O. The average molecular weight is 477 g/mol. The summed E-state index contributed by atoms with van der Waals surface area (Å²) in [5.41, 5.74) is 3.81. The lowest BCUT2D eigenvalue weighted by Gasteiger charge is -2.30. The summed E-state index contributed by atoms with van der Waals surface area (Å²) in [6, 6.07) is 18.0. The topological polar surface area (TPSA) is 69.0 Å². The van der Waals surface area contributed by atoms with E-state index in [0.717, 1.165) is 35.4 Å². The van der Waals surface area contributed by atoms with E-state index in [1.54, 1.807) is 18.5 Å². The molecule has 0 fully saturated rings. The van der Waals surface area contributed by atoms with E-state index in [1.807, 2.05) is 30.3 Å². The molecule has 1 aromatic heterocycles. The largest absolute Gasteiger partial charge is 0.416 e. The van der Waals surface area contributed by atoms with E-state index in [2.05, 4.69) is 21.3 Å². The van der Waals surface area contributed by atoms with E-state index in [4.69, 9.17) is 5.26 Å². The smallest absolute Gasteiger partial charge is 0.348 e. The van der Waals surface area contributed by atoms with E-state index >= 15 is 0 Å². The van der Waals surface area contributed by atoms with Crippen molar-refractivity contribution in [2.24, 2.45) is 0 Å². The van der Waals surface area contributed by atoms with Crippen LogP contribution in [0.3, 0.4) is 0 Å². The fraction of sp³-hybridized carbons (Fsp3) is 0.222. The van der Waals surface area contributed by atoms with E-state index in [0.29, 0.717) is 36.2 Å². The molecule has 1 aliphatic rings. The number of carbonyl (C=O) groups is 1. The van der Waals surface area contributed by atoms with Crippen LogP contribution in [0.2, 0.25) is 0 Å². The van der Waals surface area contributed by atoms with Crippen molar-refractivity contribution in [2.45, 2.75) is 25.7 Å². The molecule has 5 nitrogen and oxygen atoms in total. The van der Waals surface area contributed by atoms with Crippen molar-refractivity contribution in [1.82, 2.24) is 15.2 Å². The van der Waals surface area contributed by atoms with Crippen molar-refractivity contribution in [3.8, 4) is 6.07 Å². The van der Waals surface area contributed by atoms with Gasteiger partial charge in [0.2, 0.25) is 5.91 Å². The molecule has 0 atom stereocenters. The third-order valence-electron chi connectivity index (χ3n) is 5.90. The lowest BCUT2D eigenvalue weighted by Crippen LogP contribution is -2.37. The molecule has 8 heteroatoms. The molecule has 0 unspecified atom stereocenters. The quantitative estimate of drug-likeness (QED) is 0.547. The normalized spacial score (nSPS) is 14.5. The third-order valence-corrected chi connectivity index (χ3v) is 5.90. The molecule has 0 saturated heterocycles. The van der Waals surface area contributed by atoms with Crippen LogP contribution in [0.5, 0.6) is 0 Å². The molecule has 0 spiro atoms. The van der Waals surface area contributed by atoms with Crippen molar-refractivity contribution in [3.63, 3.8) is 0 Å². The molecule has 1 N–H and O–H groups in total. The molecule has 2 heterocycles. The maximum Gasteiger partial charge on any atom is 0.416 e. The SMILES string of the molecule is N#Cc1cccc(CN2CCC(c3cccnc3)=C(C(=O)NCc3ccc(C(F)(F)F)cc3)C2)c1. The first-order valence-electron chi connectivity index (χ1n) is 11.1. The Morgan fingerprint density at radius 3 is 2.57 bits per heavy atom. The van der Waals surface area contributed by atoms with Crippen LogP contribution in [0, 0.1) is 11.3 Å². The van der Waals surface area contributed by atoms with Crippen molar-refractivity contribution < 1.29 is 18.0 Å². The van der Waals surface area contributed by atoms with Gasteiger partial charge in [0.05, 0.1) is 17.2 Å². The number of hydrogen-bond acceptors (Lipinski definition) is 4. The summed E-state index contributed by atoms with van der Waals surface area (Å²) in [6.45, 7) is 1.84. The number of amides is 1. The number of nitrogens with one attached hydrogen (secondary N) is 1. The van der Waals surface area contributed by atoms with Gasteiger partial charge >= 0.3 is 6.18 Å². The van der Waals surface area contributed by atoms with E-state index in [9.17, 15) is 18.0 Å². The Hall–Kier alpha value is -3.96. The van der Waals surface area contributed by atoms with Gasteiger partial charge < -0.3 is 5.32 Å². The number of nitriles is 1. The fourth-order valence-corrected chi connectivity index (χ4v) is 4.12. The number of alkyl halides is 3. The molecule has 3 aromatic rings. The first kappa shape index (κ1) is 24.2. The van der Waals surface area contributed by atoms with Gasteiger partial charge in [0, 0.05) is 44.1 Å². The maximum atomic E-state index is 13.2. The van der Waals surface area contributed by atoms with Crippen LogP contribution >= 0.6 is 0 Å². The Labute approximate surface area is 201 Å². The van der Waals surface area contributed by atoms with Crippen LogP contribution in [0.15, 0.2) is 78.6 Å². The van der Waals surface area contributed by atoms with Gasteiger partial charge in [0.25, 0.3) is 0 Å². The Kier molecular flexibility index (Phi) is 7.28. The number of halogens is 3. The van der Waals surface area contributed by atoms with Crippen LogP contribution in [0.1, 0.15) is 34.2 Å². The molecule has 0 radical (unpaired) electrons. The predicted molar refractivity (Wildman–Crippen MR) is 125 cm³/mol. The summed E-state index contributed by atoms with van der Waals surface area (Å²) in [5.74, 6) is -0.265. The number of nitrogens with zero attached hydrogens (tertiary/aromatic N) is 3. The number of benzene rings is 2. The second-order valence-electron chi connectivity index (χ2n) is 8.35. The van der Waals surface area contributed by atoms with Crippen molar-refractivity contribution >= 4 is 11.5 Å². The first-order chi connectivity index (χ1) is 16.8. The highest BCUT2D eigenvalue weighted by molar-refractivity contribution is 6.02. The first-order valence-corrected chi connectivity index (χ1v) is 11.1. The van der Waals surface area contributed by atoms with Gasteiger partial charge in [-0.05, 0) is 59.0 Å². The lowest BCUT2D eigenvalue weighted by atomic mass is 9.93.